The van der Waals surface area contributed by atoms with Crippen LogP contribution < -0.4 is 11.1 Å². The first-order valence-electron chi connectivity index (χ1n) is 5.93. The number of aliphatic hydroxyl groups is 1. The minimum Gasteiger partial charge on any atom is -0.397 e. The highest BCUT2D eigenvalue weighted by atomic mass is 35.5. The van der Waals surface area contributed by atoms with E-state index in [-0.39, 0.29) is 19.1 Å². The molecule has 0 aliphatic rings. The maximum absolute atomic E-state index is 11.9. The van der Waals surface area contributed by atoms with Crippen molar-refractivity contribution in [2.75, 3.05) is 31.2 Å². The van der Waals surface area contributed by atoms with Crippen LogP contribution in [-0.2, 0) is 4.79 Å². The predicted molar refractivity (Wildman–Crippen MR) is 78.3 cm³/mol. The SMILES string of the molecule is CN(CC(=O)Nc1cc(Cl)ccc1N)C(C)(C)CO. The molecule has 5 nitrogen and oxygen atoms in total. The first kappa shape index (κ1) is 15.8. The molecule has 1 aromatic rings. The second-order valence-electron chi connectivity index (χ2n) is 5.11. The molecule has 19 heavy (non-hydrogen) atoms. The third kappa shape index (κ3) is 4.38. The van der Waals surface area contributed by atoms with Crippen LogP contribution in [0.1, 0.15) is 13.8 Å². The fraction of sp³-hybridized carbons (Fsp3) is 0.462. The number of aliphatic hydroxyl groups excluding tert-OH is 1. The van der Waals surface area contributed by atoms with Crippen LogP contribution in [0.2, 0.25) is 5.02 Å². The van der Waals surface area contributed by atoms with Gasteiger partial charge < -0.3 is 16.2 Å². The lowest BCUT2D eigenvalue weighted by Crippen LogP contribution is -2.47. The maximum atomic E-state index is 11.9. The average Bonchev–Trinajstić information content (AvgIpc) is 2.33. The van der Waals surface area contributed by atoms with Gasteiger partial charge in [-0.3, -0.25) is 9.69 Å². The van der Waals surface area contributed by atoms with E-state index in [2.05, 4.69) is 5.32 Å². The number of carbonyl (C=O) groups excluding carboxylic acids is 1. The first-order valence-corrected chi connectivity index (χ1v) is 6.31. The van der Waals surface area contributed by atoms with E-state index in [9.17, 15) is 9.90 Å². The number of benzene rings is 1. The standard InChI is InChI=1S/C13H20ClN3O2/c1-13(2,8-18)17(3)7-12(19)16-11-6-9(14)4-5-10(11)15/h4-6,18H,7-8,15H2,1-3H3,(H,16,19). The van der Waals surface area contributed by atoms with Crippen LogP contribution in [0, 0.1) is 0 Å². The smallest absolute Gasteiger partial charge is 0.238 e. The van der Waals surface area contributed by atoms with Gasteiger partial charge in [0.25, 0.3) is 0 Å². The summed E-state index contributed by atoms with van der Waals surface area (Å²) in [5.41, 5.74) is 6.25. The maximum Gasteiger partial charge on any atom is 0.238 e. The first-order chi connectivity index (χ1) is 8.76. The van der Waals surface area contributed by atoms with Gasteiger partial charge in [-0.05, 0) is 39.1 Å². The molecule has 0 bridgehead atoms. The molecular weight excluding hydrogens is 266 g/mol. The van der Waals surface area contributed by atoms with Crippen molar-refractivity contribution in [2.45, 2.75) is 19.4 Å². The summed E-state index contributed by atoms with van der Waals surface area (Å²) in [5.74, 6) is -0.210. The number of hydrogen-bond acceptors (Lipinski definition) is 4. The summed E-state index contributed by atoms with van der Waals surface area (Å²) in [5, 5.41) is 12.5. The monoisotopic (exact) mass is 285 g/mol. The van der Waals surface area contributed by atoms with Gasteiger partial charge in [-0.15, -0.1) is 0 Å². The van der Waals surface area contributed by atoms with E-state index in [1.54, 1.807) is 30.1 Å². The van der Waals surface area contributed by atoms with E-state index in [1.165, 1.54) is 0 Å². The number of amides is 1. The fourth-order valence-electron chi connectivity index (χ4n) is 1.38. The van der Waals surface area contributed by atoms with Gasteiger partial charge in [-0.25, -0.2) is 0 Å². The number of anilines is 2. The quantitative estimate of drug-likeness (QED) is 0.718. The van der Waals surface area contributed by atoms with E-state index in [1.807, 2.05) is 13.8 Å². The lowest BCUT2D eigenvalue weighted by molar-refractivity contribution is -0.118. The van der Waals surface area contributed by atoms with Crippen LogP contribution in [0.25, 0.3) is 0 Å². The zero-order valence-electron chi connectivity index (χ0n) is 11.4. The Hall–Kier alpha value is -1.30. The lowest BCUT2D eigenvalue weighted by Gasteiger charge is -2.33. The molecule has 0 heterocycles. The van der Waals surface area contributed by atoms with Crippen molar-refractivity contribution in [3.63, 3.8) is 0 Å². The van der Waals surface area contributed by atoms with Crippen molar-refractivity contribution in [3.8, 4) is 0 Å². The van der Waals surface area contributed by atoms with E-state index in [4.69, 9.17) is 17.3 Å². The molecule has 0 unspecified atom stereocenters. The van der Waals surface area contributed by atoms with Gasteiger partial charge in [0.1, 0.15) is 0 Å². The van der Waals surface area contributed by atoms with Crippen LogP contribution in [0.5, 0.6) is 0 Å². The average molecular weight is 286 g/mol. The molecule has 0 aromatic heterocycles. The van der Waals surface area contributed by atoms with Gasteiger partial charge in [0.15, 0.2) is 0 Å². The third-order valence-corrected chi connectivity index (χ3v) is 3.33. The molecule has 0 aliphatic heterocycles. The molecule has 0 spiro atoms. The summed E-state index contributed by atoms with van der Waals surface area (Å²) in [6, 6.07) is 4.90. The Morgan fingerprint density at radius 3 is 2.74 bits per heavy atom. The van der Waals surface area contributed by atoms with E-state index in [0.29, 0.717) is 16.4 Å². The van der Waals surface area contributed by atoms with Crippen LogP contribution in [0.3, 0.4) is 0 Å². The zero-order valence-corrected chi connectivity index (χ0v) is 12.2. The molecule has 0 atom stereocenters. The fourth-order valence-corrected chi connectivity index (χ4v) is 1.55. The highest BCUT2D eigenvalue weighted by Crippen LogP contribution is 2.23. The van der Waals surface area contributed by atoms with Gasteiger partial charge in [-0.2, -0.15) is 0 Å². The Balaban J connectivity index is 2.68. The topological polar surface area (TPSA) is 78.6 Å². The Labute approximate surface area is 118 Å². The summed E-state index contributed by atoms with van der Waals surface area (Å²) >= 11 is 5.85. The highest BCUT2D eigenvalue weighted by Gasteiger charge is 2.24. The van der Waals surface area contributed by atoms with E-state index < -0.39 is 5.54 Å². The number of carbonyl (C=O) groups is 1. The molecule has 0 radical (unpaired) electrons. The van der Waals surface area contributed by atoms with Crippen molar-refractivity contribution < 1.29 is 9.90 Å². The summed E-state index contributed by atoms with van der Waals surface area (Å²) in [4.78, 5) is 13.7. The molecular formula is C13H20ClN3O2. The number of rotatable bonds is 5. The number of nitrogens with two attached hydrogens (primary N) is 1. The Kier molecular flexibility index (Phi) is 5.17. The van der Waals surface area contributed by atoms with Crippen LogP contribution >= 0.6 is 11.6 Å². The van der Waals surface area contributed by atoms with Crippen molar-refractivity contribution in [2.24, 2.45) is 0 Å². The largest absolute Gasteiger partial charge is 0.397 e. The van der Waals surface area contributed by atoms with Crippen LogP contribution in [-0.4, -0.2) is 41.7 Å². The predicted octanol–water partition coefficient (Wildman–Crippen LogP) is 1.56. The molecule has 106 valence electrons. The number of halogens is 1. The molecule has 0 aliphatic carbocycles. The molecule has 1 aromatic carbocycles. The van der Waals surface area contributed by atoms with Crippen LogP contribution in [0.15, 0.2) is 18.2 Å². The number of likely N-dealkylation sites (N-methyl/N-ethyl adjacent to an activating group) is 1. The van der Waals surface area contributed by atoms with Crippen molar-refractivity contribution in [3.05, 3.63) is 23.2 Å². The summed E-state index contributed by atoms with van der Waals surface area (Å²) in [6.45, 7) is 3.83. The van der Waals surface area contributed by atoms with Crippen molar-refractivity contribution >= 4 is 28.9 Å². The minimum atomic E-state index is -0.461. The second kappa shape index (κ2) is 6.23. The van der Waals surface area contributed by atoms with Crippen molar-refractivity contribution in [1.82, 2.24) is 4.90 Å². The second-order valence-corrected chi connectivity index (χ2v) is 5.54. The Morgan fingerprint density at radius 2 is 2.16 bits per heavy atom. The molecule has 6 heteroatoms. The molecule has 4 N–H and O–H groups in total. The molecule has 1 amide bonds. The summed E-state index contributed by atoms with van der Waals surface area (Å²) < 4.78 is 0. The number of nitrogens with one attached hydrogen (secondary N) is 1. The lowest BCUT2D eigenvalue weighted by atomic mass is 10.1. The molecule has 0 saturated heterocycles. The van der Waals surface area contributed by atoms with Gasteiger partial charge in [0.05, 0.1) is 24.5 Å². The normalized spacial score (nSPS) is 11.7. The van der Waals surface area contributed by atoms with Gasteiger partial charge in [-0.1, -0.05) is 11.6 Å². The van der Waals surface area contributed by atoms with Crippen molar-refractivity contribution in [1.29, 1.82) is 0 Å². The van der Waals surface area contributed by atoms with E-state index >= 15 is 0 Å². The Morgan fingerprint density at radius 1 is 1.53 bits per heavy atom. The molecule has 0 saturated carbocycles. The zero-order chi connectivity index (χ0) is 14.6. The summed E-state index contributed by atoms with van der Waals surface area (Å²) in [6.07, 6.45) is 0. The van der Waals surface area contributed by atoms with Gasteiger partial charge in [0, 0.05) is 10.6 Å². The number of hydrogen-bond donors (Lipinski definition) is 3. The van der Waals surface area contributed by atoms with Crippen LogP contribution in [0.4, 0.5) is 11.4 Å². The minimum absolute atomic E-state index is 0.0317. The number of nitrogen functional groups attached to an aromatic ring is 1. The number of nitrogens with zero attached hydrogens (tertiary/aromatic N) is 1. The molecule has 0 fully saturated rings. The highest BCUT2D eigenvalue weighted by molar-refractivity contribution is 6.31. The Bertz CT molecular complexity index is 463. The third-order valence-electron chi connectivity index (χ3n) is 3.09. The van der Waals surface area contributed by atoms with Gasteiger partial charge >= 0.3 is 0 Å². The van der Waals surface area contributed by atoms with Gasteiger partial charge in [0.2, 0.25) is 5.91 Å². The summed E-state index contributed by atoms with van der Waals surface area (Å²) in [7, 11) is 1.77. The van der Waals surface area contributed by atoms with E-state index in [0.717, 1.165) is 0 Å². The molecule has 1 rings (SSSR count).